The van der Waals surface area contributed by atoms with Crippen LogP contribution in [0.1, 0.15) is 18.1 Å². The van der Waals surface area contributed by atoms with Gasteiger partial charge in [-0.3, -0.25) is 0 Å². The Labute approximate surface area is 113 Å². The maximum absolute atomic E-state index is 9.63. The van der Waals surface area contributed by atoms with Crippen LogP contribution in [-0.4, -0.2) is 11.7 Å². The van der Waals surface area contributed by atoms with Gasteiger partial charge in [0.25, 0.3) is 0 Å². The van der Waals surface area contributed by atoms with Crippen molar-refractivity contribution in [3.05, 3.63) is 53.9 Å². The van der Waals surface area contributed by atoms with Gasteiger partial charge in [0.15, 0.2) is 23.9 Å². The third kappa shape index (κ3) is 3.58. The standard InChI is InChI=1S/C16H17NO2/c1-3-19-16-12-14(6-7-15(16)18)5-4-13-8-10-17(2)11-9-13/h4-12H,3H2,1-2H3/p+1. The molecule has 0 fully saturated rings. The van der Waals surface area contributed by atoms with Crippen LogP contribution in [0.5, 0.6) is 11.5 Å². The number of phenolic OH excluding ortho intramolecular Hbond substituents is 1. The third-order valence-electron chi connectivity index (χ3n) is 2.76. The maximum Gasteiger partial charge on any atom is 0.169 e. The van der Waals surface area contributed by atoms with Gasteiger partial charge in [0, 0.05) is 12.1 Å². The first-order chi connectivity index (χ1) is 9.19. The molecule has 0 saturated heterocycles. The molecular formula is C16H18NO2+. The minimum Gasteiger partial charge on any atom is -0.504 e. The van der Waals surface area contributed by atoms with Crippen molar-refractivity contribution >= 4 is 12.2 Å². The molecule has 0 saturated carbocycles. The summed E-state index contributed by atoms with van der Waals surface area (Å²) in [5.74, 6) is 0.690. The van der Waals surface area contributed by atoms with E-state index in [1.165, 1.54) is 0 Å². The summed E-state index contributed by atoms with van der Waals surface area (Å²) < 4.78 is 7.35. The molecule has 1 aromatic carbocycles. The highest BCUT2D eigenvalue weighted by Crippen LogP contribution is 2.27. The number of aryl methyl sites for hydroxylation is 1. The van der Waals surface area contributed by atoms with E-state index in [0.717, 1.165) is 11.1 Å². The van der Waals surface area contributed by atoms with Crippen LogP contribution < -0.4 is 9.30 Å². The Morgan fingerprint density at radius 3 is 2.47 bits per heavy atom. The molecule has 0 bridgehead atoms. The molecule has 3 heteroatoms. The van der Waals surface area contributed by atoms with Gasteiger partial charge in [-0.05, 0) is 30.2 Å². The van der Waals surface area contributed by atoms with E-state index in [4.69, 9.17) is 4.74 Å². The van der Waals surface area contributed by atoms with Crippen molar-refractivity contribution in [2.45, 2.75) is 6.92 Å². The van der Waals surface area contributed by atoms with Gasteiger partial charge in [-0.1, -0.05) is 18.2 Å². The summed E-state index contributed by atoms with van der Waals surface area (Å²) in [5.41, 5.74) is 2.12. The number of benzene rings is 1. The van der Waals surface area contributed by atoms with Crippen molar-refractivity contribution in [2.24, 2.45) is 7.05 Å². The van der Waals surface area contributed by atoms with E-state index < -0.39 is 0 Å². The first kappa shape index (κ1) is 13.1. The van der Waals surface area contributed by atoms with Gasteiger partial charge in [0.05, 0.1) is 6.61 Å². The summed E-state index contributed by atoms with van der Waals surface area (Å²) in [4.78, 5) is 0. The zero-order valence-electron chi connectivity index (χ0n) is 11.2. The molecule has 1 heterocycles. The molecule has 19 heavy (non-hydrogen) atoms. The Balaban J connectivity index is 2.18. The fraction of sp³-hybridized carbons (Fsp3) is 0.188. The molecule has 0 spiro atoms. The number of hydrogen-bond donors (Lipinski definition) is 1. The van der Waals surface area contributed by atoms with E-state index >= 15 is 0 Å². The highest BCUT2D eigenvalue weighted by molar-refractivity contribution is 5.70. The van der Waals surface area contributed by atoms with E-state index in [-0.39, 0.29) is 5.75 Å². The summed E-state index contributed by atoms with van der Waals surface area (Å²) in [6, 6.07) is 9.42. The number of phenols is 1. The zero-order valence-corrected chi connectivity index (χ0v) is 11.2. The summed E-state index contributed by atoms with van der Waals surface area (Å²) >= 11 is 0. The first-order valence-corrected chi connectivity index (χ1v) is 6.28. The largest absolute Gasteiger partial charge is 0.504 e. The van der Waals surface area contributed by atoms with Crippen molar-refractivity contribution in [3.8, 4) is 11.5 Å². The zero-order chi connectivity index (χ0) is 13.7. The molecule has 0 aliphatic carbocycles. The maximum atomic E-state index is 9.63. The number of nitrogens with zero attached hydrogens (tertiary/aromatic N) is 1. The number of ether oxygens (including phenoxy) is 1. The molecule has 1 N–H and O–H groups in total. The third-order valence-corrected chi connectivity index (χ3v) is 2.76. The fourth-order valence-corrected chi connectivity index (χ4v) is 1.72. The predicted molar refractivity (Wildman–Crippen MR) is 75.8 cm³/mol. The Bertz CT molecular complexity index is 574. The van der Waals surface area contributed by atoms with Crippen LogP contribution in [0.2, 0.25) is 0 Å². The normalized spacial score (nSPS) is 10.8. The first-order valence-electron chi connectivity index (χ1n) is 6.28. The number of aromatic nitrogens is 1. The van der Waals surface area contributed by atoms with Crippen LogP contribution >= 0.6 is 0 Å². The monoisotopic (exact) mass is 256 g/mol. The van der Waals surface area contributed by atoms with Crippen molar-refractivity contribution in [1.82, 2.24) is 0 Å². The molecule has 3 nitrogen and oxygen atoms in total. The van der Waals surface area contributed by atoms with Gasteiger partial charge in [-0.25, -0.2) is 4.57 Å². The van der Waals surface area contributed by atoms with Crippen molar-refractivity contribution in [3.63, 3.8) is 0 Å². The summed E-state index contributed by atoms with van der Waals surface area (Å²) in [6.45, 7) is 2.43. The van der Waals surface area contributed by atoms with Gasteiger partial charge in [-0.15, -0.1) is 0 Å². The van der Waals surface area contributed by atoms with Crippen LogP contribution in [0.25, 0.3) is 12.2 Å². The predicted octanol–water partition coefficient (Wildman–Crippen LogP) is 2.79. The number of hydrogen-bond acceptors (Lipinski definition) is 2. The van der Waals surface area contributed by atoms with Gasteiger partial charge in [0.2, 0.25) is 0 Å². The van der Waals surface area contributed by atoms with Crippen molar-refractivity contribution < 1.29 is 14.4 Å². The Kier molecular flexibility index (Phi) is 4.18. The molecule has 0 aliphatic rings. The van der Waals surface area contributed by atoms with Crippen molar-refractivity contribution in [1.29, 1.82) is 0 Å². The summed E-state index contributed by atoms with van der Waals surface area (Å²) in [5, 5.41) is 9.63. The molecule has 98 valence electrons. The second-order valence-corrected chi connectivity index (χ2v) is 4.29. The minimum absolute atomic E-state index is 0.172. The molecular weight excluding hydrogens is 238 g/mol. The van der Waals surface area contributed by atoms with Gasteiger partial charge in [0.1, 0.15) is 7.05 Å². The fourth-order valence-electron chi connectivity index (χ4n) is 1.72. The molecule has 1 aromatic heterocycles. The Morgan fingerprint density at radius 2 is 1.79 bits per heavy atom. The lowest BCUT2D eigenvalue weighted by Gasteiger charge is -2.06. The topological polar surface area (TPSA) is 33.3 Å². The van der Waals surface area contributed by atoms with E-state index in [1.54, 1.807) is 6.07 Å². The second-order valence-electron chi connectivity index (χ2n) is 4.29. The quantitative estimate of drug-likeness (QED) is 0.853. The highest BCUT2D eigenvalue weighted by Gasteiger charge is 2.01. The van der Waals surface area contributed by atoms with Gasteiger partial charge >= 0.3 is 0 Å². The van der Waals surface area contributed by atoms with Crippen molar-refractivity contribution in [2.75, 3.05) is 6.61 Å². The van der Waals surface area contributed by atoms with Crippen LogP contribution in [0.15, 0.2) is 42.7 Å². The molecule has 0 aliphatic heterocycles. The Hall–Kier alpha value is -2.29. The van der Waals surface area contributed by atoms with E-state index in [0.29, 0.717) is 12.4 Å². The SMILES string of the molecule is CCOc1cc(C=Cc2cc[n+](C)cc2)ccc1O. The number of rotatable bonds is 4. The summed E-state index contributed by atoms with van der Waals surface area (Å²) in [7, 11) is 1.99. The summed E-state index contributed by atoms with van der Waals surface area (Å²) in [6.07, 6.45) is 8.03. The molecule has 0 amide bonds. The highest BCUT2D eigenvalue weighted by atomic mass is 16.5. The lowest BCUT2D eigenvalue weighted by atomic mass is 10.1. The van der Waals surface area contributed by atoms with E-state index in [9.17, 15) is 5.11 Å². The molecule has 2 aromatic rings. The van der Waals surface area contributed by atoms with E-state index in [2.05, 4.69) is 0 Å². The second kappa shape index (κ2) is 6.05. The van der Waals surface area contributed by atoms with Crippen LogP contribution in [-0.2, 0) is 7.05 Å². The average Bonchev–Trinajstić information content (AvgIpc) is 2.42. The smallest absolute Gasteiger partial charge is 0.169 e. The van der Waals surface area contributed by atoms with Gasteiger partial charge in [-0.2, -0.15) is 0 Å². The van der Waals surface area contributed by atoms with Crippen LogP contribution in [0.4, 0.5) is 0 Å². The number of pyridine rings is 1. The minimum atomic E-state index is 0.172. The number of aromatic hydroxyl groups is 1. The van der Waals surface area contributed by atoms with Crippen LogP contribution in [0, 0.1) is 0 Å². The molecule has 0 radical (unpaired) electrons. The Morgan fingerprint density at radius 1 is 1.11 bits per heavy atom. The van der Waals surface area contributed by atoms with E-state index in [1.807, 2.05) is 67.3 Å². The average molecular weight is 256 g/mol. The van der Waals surface area contributed by atoms with Gasteiger partial charge < -0.3 is 9.84 Å². The lowest BCUT2D eigenvalue weighted by molar-refractivity contribution is -0.671. The molecule has 0 unspecified atom stereocenters. The van der Waals surface area contributed by atoms with Crippen LogP contribution in [0.3, 0.4) is 0 Å². The lowest BCUT2D eigenvalue weighted by Crippen LogP contribution is -2.25. The molecule has 2 rings (SSSR count). The molecule has 0 atom stereocenters.